The molecule has 0 unspecified atom stereocenters. The average molecular weight is 218 g/mol. The zero-order valence-electron chi connectivity index (χ0n) is 8.94. The summed E-state index contributed by atoms with van der Waals surface area (Å²) in [6, 6.07) is 8.56. The molecule has 15 heavy (non-hydrogen) atoms. The van der Waals surface area contributed by atoms with Gasteiger partial charge in [0, 0.05) is 11.8 Å². The highest BCUT2D eigenvalue weighted by molar-refractivity contribution is 7.65. The minimum absolute atomic E-state index is 0.354. The lowest BCUT2D eigenvalue weighted by atomic mass is 9.87. The summed E-state index contributed by atoms with van der Waals surface area (Å²) in [5.41, 5.74) is 4.50. The average Bonchev–Trinajstić information content (AvgIpc) is 2.55. The van der Waals surface area contributed by atoms with Crippen LogP contribution >= 0.6 is 7.14 Å². The summed E-state index contributed by atoms with van der Waals surface area (Å²) in [4.78, 5) is 0. The summed E-state index contributed by atoms with van der Waals surface area (Å²) in [5, 5.41) is 0. The maximum atomic E-state index is 12.3. The molecule has 1 aromatic rings. The summed E-state index contributed by atoms with van der Waals surface area (Å²) >= 11 is 0. The molecule has 0 amide bonds. The van der Waals surface area contributed by atoms with Gasteiger partial charge >= 0.3 is 0 Å². The molecule has 2 heteroatoms. The lowest BCUT2D eigenvalue weighted by molar-refractivity contribution is 0.574. The van der Waals surface area contributed by atoms with E-state index in [0.717, 1.165) is 19.0 Å². The van der Waals surface area contributed by atoms with Crippen LogP contribution in [0.4, 0.5) is 0 Å². The summed E-state index contributed by atoms with van der Waals surface area (Å²) in [5.74, 6) is 0. The Balaban J connectivity index is 2.14. The molecule has 2 atom stereocenters. The van der Waals surface area contributed by atoms with Crippen LogP contribution in [0, 0.1) is 0 Å². The molecule has 0 bridgehead atoms. The Kier molecular flexibility index (Phi) is 1.94. The van der Waals surface area contributed by atoms with E-state index in [0.29, 0.717) is 5.66 Å². The van der Waals surface area contributed by atoms with Gasteiger partial charge < -0.3 is 4.57 Å². The number of hydrogen-bond donors (Lipinski definition) is 0. The molecule has 0 saturated heterocycles. The van der Waals surface area contributed by atoms with Gasteiger partial charge in [-0.2, -0.15) is 0 Å². The molecule has 2 aliphatic rings. The van der Waals surface area contributed by atoms with Crippen molar-refractivity contribution in [3.05, 3.63) is 41.5 Å². The van der Waals surface area contributed by atoms with Crippen molar-refractivity contribution in [3.8, 4) is 0 Å². The number of aryl methyl sites for hydroxylation is 1. The summed E-state index contributed by atoms with van der Waals surface area (Å²) in [6.07, 6.45) is 5.19. The van der Waals surface area contributed by atoms with Gasteiger partial charge in [-0.1, -0.05) is 30.3 Å². The summed E-state index contributed by atoms with van der Waals surface area (Å²) in [7, 11) is -1.92. The van der Waals surface area contributed by atoms with Gasteiger partial charge in [0.15, 0.2) is 0 Å². The molecule has 1 aliphatic heterocycles. The highest BCUT2D eigenvalue weighted by Crippen LogP contribution is 2.60. The van der Waals surface area contributed by atoms with E-state index >= 15 is 0 Å². The number of rotatable bonds is 0. The zero-order chi connectivity index (χ0) is 10.5. The van der Waals surface area contributed by atoms with E-state index in [1.54, 1.807) is 0 Å². The molecule has 1 aliphatic carbocycles. The van der Waals surface area contributed by atoms with Crippen molar-refractivity contribution >= 4 is 12.7 Å². The van der Waals surface area contributed by atoms with Crippen molar-refractivity contribution in [2.24, 2.45) is 0 Å². The Morgan fingerprint density at radius 1 is 1.33 bits per heavy atom. The van der Waals surface area contributed by atoms with Crippen molar-refractivity contribution in [3.63, 3.8) is 0 Å². The SMILES string of the molecule is C[P@]1(=O)CC=C2c3ccccc3CC[C@@H]21. The summed E-state index contributed by atoms with van der Waals surface area (Å²) < 4.78 is 12.3. The van der Waals surface area contributed by atoms with E-state index in [4.69, 9.17) is 0 Å². The van der Waals surface area contributed by atoms with Gasteiger partial charge in [-0.3, -0.25) is 0 Å². The molecular formula is C13H15OP. The van der Waals surface area contributed by atoms with Crippen LogP contribution in [0.1, 0.15) is 17.5 Å². The van der Waals surface area contributed by atoms with E-state index in [1.165, 1.54) is 16.7 Å². The largest absolute Gasteiger partial charge is 0.323 e. The quantitative estimate of drug-likeness (QED) is 0.610. The van der Waals surface area contributed by atoms with Gasteiger partial charge in [0.1, 0.15) is 0 Å². The number of benzene rings is 1. The van der Waals surface area contributed by atoms with Crippen LogP contribution < -0.4 is 0 Å². The number of hydrogen-bond acceptors (Lipinski definition) is 1. The van der Waals surface area contributed by atoms with Gasteiger partial charge in [0.05, 0.1) is 7.14 Å². The fraction of sp³-hybridized carbons (Fsp3) is 0.385. The molecule has 3 rings (SSSR count). The highest BCUT2D eigenvalue weighted by Gasteiger charge is 2.38. The zero-order valence-corrected chi connectivity index (χ0v) is 9.84. The Hall–Kier alpha value is -0.810. The van der Waals surface area contributed by atoms with Crippen LogP contribution in [0.5, 0.6) is 0 Å². The van der Waals surface area contributed by atoms with E-state index in [-0.39, 0.29) is 0 Å². The molecule has 1 heterocycles. The molecule has 0 aromatic heterocycles. The Morgan fingerprint density at radius 2 is 2.13 bits per heavy atom. The van der Waals surface area contributed by atoms with Crippen molar-refractivity contribution < 1.29 is 4.57 Å². The van der Waals surface area contributed by atoms with Crippen LogP contribution in [0.3, 0.4) is 0 Å². The standard InChI is InChI=1S/C13H15OP/c1-15(14)9-8-12-11-5-3-2-4-10(11)6-7-13(12)15/h2-5,8,13H,6-7,9H2,1H3/t13-,15-/m0/s1. The smallest absolute Gasteiger partial charge is 0.0955 e. The van der Waals surface area contributed by atoms with Crippen LogP contribution in [0.25, 0.3) is 5.57 Å². The molecule has 1 aromatic carbocycles. The Labute approximate surface area is 90.6 Å². The van der Waals surface area contributed by atoms with Crippen molar-refractivity contribution in [2.75, 3.05) is 12.8 Å². The van der Waals surface area contributed by atoms with Gasteiger partial charge in [0.2, 0.25) is 0 Å². The minimum atomic E-state index is -1.92. The molecule has 0 saturated carbocycles. The molecular weight excluding hydrogens is 203 g/mol. The van der Waals surface area contributed by atoms with E-state index in [1.807, 2.05) is 6.66 Å². The highest BCUT2D eigenvalue weighted by atomic mass is 31.2. The van der Waals surface area contributed by atoms with Crippen molar-refractivity contribution in [2.45, 2.75) is 18.5 Å². The second-order valence-corrected chi connectivity index (χ2v) is 8.06. The van der Waals surface area contributed by atoms with Crippen LogP contribution in [-0.4, -0.2) is 18.5 Å². The first-order valence-electron chi connectivity index (χ1n) is 5.53. The van der Waals surface area contributed by atoms with Gasteiger partial charge in [0.25, 0.3) is 0 Å². The summed E-state index contributed by atoms with van der Waals surface area (Å²) in [6.45, 7) is 1.97. The topological polar surface area (TPSA) is 17.1 Å². The first kappa shape index (κ1) is 9.42. The first-order chi connectivity index (χ1) is 7.18. The third-order valence-corrected chi connectivity index (χ3v) is 6.47. The second kappa shape index (κ2) is 3.09. The maximum absolute atomic E-state index is 12.3. The van der Waals surface area contributed by atoms with Gasteiger partial charge in [-0.25, -0.2) is 0 Å². The fourth-order valence-corrected chi connectivity index (χ4v) is 5.19. The molecule has 78 valence electrons. The molecule has 0 radical (unpaired) electrons. The lowest BCUT2D eigenvalue weighted by Crippen LogP contribution is -2.15. The fourth-order valence-electron chi connectivity index (χ4n) is 2.87. The second-order valence-electron chi connectivity index (χ2n) is 4.73. The molecule has 0 fully saturated rings. The van der Waals surface area contributed by atoms with Crippen LogP contribution in [0.15, 0.2) is 30.3 Å². The number of allylic oxidation sites excluding steroid dienone is 2. The predicted octanol–water partition coefficient (Wildman–Crippen LogP) is 3.39. The minimum Gasteiger partial charge on any atom is -0.323 e. The lowest BCUT2D eigenvalue weighted by Gasteiger charge is -2.27. The van der Waals surface area contributed by atoms with E-state index in [9.17, 15) is 4.57 Å². The third kappa shape index (κ3) is 1.33. The number of fused-ring (bicyclic) bond motifs is 3. The maximum Gasteiger partial charge on any atom is 0.0955 e. The normalized spacial score (nSPS) is 33.1. The van der Waals surface area contributed by atoms with Crippen LogP contribution in [-0.2, 0) is 11.0 Å². The third-order valence-electron chi connectivity index (χ3n) is 3.71. The molecule has 0 spiro atoms. The van der Waals surface area contributed by atoms with E-state index in [2.05, 4.69) is 30.3 Å². The van der Waals surface area contributed by atoms with Crippen molar-refractivity contribution in [1.82, 2.24) is 0 Å². The van der Waals surface area contributed by atoms with Gasteiger partial charge in [-0.05, 0) is 36.2 Å². The first-order valence-corrected chi connectivity index (χ1v) is 7.94. The monoisotopic (exact) mass is 218 g/mol. The predicted molar refractivity (Wildman–Crippen MR) is 64.9 cm³/mol. The van der Waals surface area contributed by atoms with E-state index < -0.39 is 7.14 Å². The van der Waals surface area contributed by atoms with Crippen molar-refractivity contribution in [1.29, 1.82) is 0 Å². The van der Waals surface area contributed by atoms with Crippen LogP contribution in [0.2, 0.25) is 0 Å². The molecule has 1 nitrogen and oxygen atoms in total. The van der Waals surface area contributed by atoms with Gasteiger partial charge in [-0.15, -0.1) is 0 Å². The molecule has 0 N–H and O–H groups in total. The Morgan fingerprint density at radius 3 is 3.00 bits per heavy atom. The Bertz CT molecular complexity index is 487.